The van der Waals surface area contributed by atoms with E-state index in [0.29, 0.717) is 25.9 Å². The Hall–Kier alpha value is -2.03. The van der Waals surface area contributed by atoms with E-state index in [1.165, 1.54) is 12.1 Å². The number of halogens is 2. The van der Waals surface area contributed by atoms with Crippen LogP contribution in [-0.4, -0.2) is 50.0 Å². The van der Waals surface area contributed by atoms with Gasteiger partial charge in [-0.2, -0.15) is 8.78 Å². The maximum absolute atomic E-state index is 12.6. The van der Waals surface area contributed by atoms with Crippen molar-refractivity contribution in [3.05, 3.63) is 29.8 Å². The SMILES string of the molecule is CCC(CC)C(=O)N1CCC(NC(=O)c2ccc(S(=O)(=O)C(F)F)cc2)CC1. The lowest BCUT2D eigenvalue weighted by Gasteiger charge is -2.34. The largest absolute Gasteiger partial charge is 0.349 e. The van der Waals surface area contributed by atoms with Crippen molar-refractivity contribution in [1.82, 2.24) is 10.2 Å². The van der Waals surface area contributed by atoms with Gasteiger partial charge in [0.2, 0.25) is 15.7 Å². The number of amides is 2. The van der Waals surface area contributed by atoms with E-state index in [2.05, 4.69) is 5.32 Å². The van der Waals surface area contributed by atoms with Crippen LogP contribution in [0.3, 0.4) is 0 Å². The third kappa shape index (κ3) is 5.06. The first-order valence-corrected chi connectivity index (χ1v) is 11.0. The second-order valence-electron chi connectivity index (χ2n) is 6.92. The number of hydrogen-bond acceptors (Lipinski definition) is 4. The van der Waals surface area contributed by atoms with Crippen molar-refractivity contribution in [3.63, 3.8) is 0 Å². The summed E-state index contributed by atoms with van der Waals surface area (Å²) in [5, 5.41) is 2.86. The Balaban J connectivity index is 1.92. The molecule has 1 heterocycles. The lowest BCUT2D eigenvalue weighted by molar-refractivity contribution is -0.136. The lowest BCUT2D eigenvalue weighted by Crippen LogP contribution is -2.48. The van der Waals surface area contributed by atoms with Gasteiger partial charge < -0.3 is 10.2 Å². The Morgan fingerprint density at radius 3 is 2.11 bits per heavy atom. The molecule has 0 spiro atoms. The second-order valence-corrected chi connectivity index (χ2v) is 8.83. The number of nitrogens with one attached hydrogen (secondary N) is 1. The molecule has 2 rings (SSSR count). The molecule has 0 saturated carbocycles. The quantitative estimate of drug-likeness (QED) is 0.741. The molecule has 2 amide bonds. The van der Waals surface area contributed by atoms with Crippen molar-refractivity contribution < 1.29 is 26.8 Å². The molecule has 28 heavy (non-hydrogen) atoms. The van der Waals surface area contributed by atoms with Crippen molar-refractivity contribution in [2.75, 3.05) is 13.1 Å². The number of nitrogens with zero attached hydrogens (tertiary/aromatic N) is 1. The minimum absolute atomic E-state index is 0.0363. The summed E-state index contributed by atoms with van der Waals surface area (Å²) in [6.45, 7) is 5.14. The van der Waals surface area contributed by atoms with E-state index >= 15 is 0 Å². The number of rotatable bonds is 7. The Morgan fingerprint density at radius 2 is 1.64 bits per heavy atom. The molecule has 9 heteroatoms. The number of benzene rings is 1. The maximum atomic E-state index is 12.6. The Bertz CT molecular complexity index is 785. The molecule has 0 aromatic heterocycles. The van der Waals surface area contributed by atoms with Crippen molar-refractivity contribution in [3.8, 4) is 0 Å². The minimum Gasteiger partial charge on any atom is -0.349 e. The average molecular weight is 416 g/mol. The van der Waals surface area contributed by atoms with Gasteiger partial charge in [0.25, 0.3) is 5.91 Å². The zero-order chi connectivity index (χ0) is 20.9. The molecule has 1 aliphatic heterocycles. The van der Waals surface area contributed by atoms with Crippen LogP contribution in [0.25, 0.3) is 0 Å². The zero-order valence-electron chi connectivity index (χ0n) is 16.0. The summed E-state index contributed by atoms with van der Waals surface area (Å²) in [6.07, 6.45) is 2.89. The van der Waals surface area contributed by atoms with Crippen LogP contribution in [0.1, 0.15) is 49.9 Å². The van der Waals surface area contributed by atoms with Crippen LogP contribution < -0.4 is 5.32 Å². The van der Waals surface area contributed by atoms with Crippen LogP contribution >= 0.6 is 0 Å². The normalized spacial score (nSPS) is 15.9. The van der Waals surface area contributed by atoms with Crippen molar-refractivity contribution in [2.24, 2.45) is 5.92 Å². The average Bonchev–Trinajstić information content (AvgIpc) is 2.69. The third-order valence-electron chi connectivity index (χ3n) is 5.16. The van der Waals surface area contributed by atoms with Gasteiger partial charge in [-0.05, 0) is 49.9 Å². The topological polar surface area (TPSA) is 83.6 Å². The predicted octanol–water partition coefficient (Wildman–Crippen LogP) is 2.84. The highest BCUT2D eigenvalue weighted by Crippen LogP contribution is 2.20. The number of sulfone groups is 1. The number of piperidine rings is 1. The molecule has 1 aromatic rings. The molecule has 0 atom stereocenters. The Kier molecular flexibility index (Phi) is 7.51. The van der Waals surface area contributed by atoms with Crippen LogP contribution in [-0.2, 0) is 14.6 Å². The van der Waals surface area contributed by atoms with Crippen LogP contribution in [0, 0.1) is 5.92 Å². The first-order valence-electron chi connectivity index (χ1n) is 9.42. The molecule has 6 nitrogen and oxygen atoms in total. The highest BCUT2D eigenvalue weighted by Gasteiger charge is 2.28. The molecule has 0 bridgehead atoms. The number of hydrogen-bond donors (Lipinski definition) is 1. The fourth-order valence-electron chi connectivity index (χ4n) is 3.31. The fraction of sp³-hybridized carbons (Fsp3) is 0.579. The summed E-state index contributed by atoms with van der Waals surface area (Å²) in [6, 6.07) is 4.36. The molecule has 1 N–H and O–H groups in total. The van der Waals surface area contributed by atoms with E-state index < -0.39 is 26.4 Å². The van der Waals surface area contributed by atoms with Gasteiger partial charge in [-0.1, -0.05) is 13.8 Å². The van der Waals surface area contributed by atoms with Gasteiger partial charge in [0.1, 0.15) is 0 Å². The number of alkyl halides is 2. The monoisotopic (exact) mass is 416 g/mol. The van der Waals surface area contributed by atoms with Gasteiger partial charge in [-0.3, -0.25) is 9.59 Å². The van der Waals surface area contributed by atoms with E-state index in [0.717, 1.165) is 25.0 Å². The fourth-order valence-corrected chi connectivity index (χ4v) is 4.03. The summed E-state index contributed by atoms with van der Waals surface area (Å²) >= 11 is 0. The molecular formula is C19H26F2N2O4S. The van der Waals surface area contributed by atoms with Crippen molar-refractivity contribution >= 4 is 21.7 Å². The molecule has 1 fully saturated rings. The maximum Gasteiger partial charge on any atom is 0.341 e. The molecule has 1 aromatic carbocycles. The molecule has 1 saturated heterocycles. The molecule has 0 radical (unpaired) electrons. The highest BCUT2D eigenvalue weighted by molar-refractivity contribution is 7.91. The zero-order valence-corrected chi connectivity index (χ0v) is 16.8. The summed E-state index contributed by atoms with van der Waals surface area (Å²) in [5.41, 5.74) is 0.198. The van der Waals surface area contributed by atoms with Crippen LogP contribution in [0.5, 0.6) is 0 Å². The van der Waals surface area contributed by atoms with Gasteiger partial charge in [0, 0.05) is 30.6 Å². The second kappa shape index (κ2) is 9.45. The summed E-state index contributed by atoms with van der Waals surface area (Å²) in [5.74, 6) is -3.70. The van der Waals surface area contributed by atoms with Crippen LogP contribution in [0.15, 0.2) is 29.2 Å². The van der Waals surface area contributed by atoms with E-state index in [4.69, 9.17) is 0 Å². The first kappa shape index (κ1) is 22.3. The molecule has 0 aliphatic carbocycles. The van der Waals surface area contributed by atoms with Gasteiger partial charge >= 0.3 is 5.76 Å². The van der Waals surface area contributed by atoms with Gasteiger partial charge in [0.05, 0.1) is 4.90 Å². The van der Waals surface area contributed by atoms with Gasteiger partial charge in [0.15, 0.2) is 0 Å². The first-order chi connectivity index (χ1) is 13.2. The molecular weight excluding hydrogens is 390 g/mol. The standard InChI is InChI=1S/C19H26F2N2O4S/c1-3-13(4-2)18(25)23-11-9-15(10-12-23)22-17(24)14-5-7-16(8-6-14)28(26,27)19(20)21/h5-8,13,15,19H,3-4,9-12H2,1-2H3,(H,22,24). The van der Waals surface area contributed by atoms with Crippen molar-refractivity contribution in [2.45, 2.75) is 56.2 Å². The predicted molar refractivity (Wildman–Crippen MR) is 101 cm³/mol. The lowest BCUT2D eigenvalue weighted by atomic mass is 9.98. The molecule has 156 valence electrons. The van der Waals surface area contributed by atoms with Crippen molar-refractivity contribution in [1.29, 1.82) is 0 Å². The number of likely N-dealkylation sites (tertiary alicyclic amines) is 1. The molecule has 0 unspecified atom stereocenters. The third-order valence-corrected chi connectivity index (χ3v) is 6.55. The number of carbonyl (C=O) groups excluding carboxylic acids is 2. The van der Waals surface area contributed by atoms with E-state index in [1.54, 1.807) is 0 Å². The number of carbonyl (C=O) groups is 2. The van der Waals surface area contributed by atoms with E-state index in [1.807, 2.05) is 18.7 Å². The van der Waals surface area contributed by atoms with E-state index in [9.17, 15) is 26.8 Å². The Labute approximate surface area is 164 Å². The summed E-state index contributed by atoms with van der Waals surface area (Å²) < 4.78 is 48.0. The molecule has 1 aliphatic rings. The van der Waals surface area contributed by atoms with Crippen LogP contribution in [0.2, 0.25) is 0 Å². The highest BCUT2D eigenvalue weighted by atomic mass is 32.2. The summed E-state index contributed by atoms with van der Waals surface area (Å²) in [7, 11) is -4.67. The van der Waals surface area contributed by atoms with Gasteiger partial charge in [-0.25, -0.2) is 8.42 Å². The van der Waals surface area contributed by atoms with Gasteiger partial charge in [-0.15, -0.1) is 0 Å². The minimum atomic E-state index is -4.67. The summed E-state index contributed by atoms with van der Waals surface area (Å²) in [4.78, 5) is 26.1. The van der Waals surface area contributed by atoms with E-state index in [-0.39, 0.29) is 23.4 Å². The smallest absolute Gasteiger partial charge is 0.341 e. The Morgan fingerprint density at radius 1 is 1.11 bits per heavy atom. The van der Waals surface area contributed by atoms with Crippen LogP contribution in [0.4, 0.5) is 8.78 Å².